The molecule has 158 valence electrons. The molecule has 2 N–H and O–H groups in total. The van der Waals surface area contributed by atoms with E-state index < -0.39 is 0 Å². The maximum Gasteiger partial charge on any atom is 0.191 e. The average molecular weight is 520 g/mol. The van der Waals surface area contributed by atoms with Gasteiger partial charge in [0.05, 0.1) is 26.9 Å². The van der Waals surface area contributed by atoms with E-state index in [4.69, 9.17) is 14.5 Å². The summed E-state index contributed by atoms with van der Waals surface area (Å²) in [7, 11) is 1.69. The lowest BCUT2D eigenvalue weighted by Crippen LogP contribution is -2.60. The molecule has 0 amide bonds. The summed E-state index contributed by atoms with van der Waals surface area (Å²) >= 11 is 2.06. The van der Waals surface area contributed by atoms with Crippen molar-refractivity contribution < 1.29 is 9.47 Å². The molecule has 1 atom stereocenters. The van der Waals surface area contributed by atoms with Crippen LogP contribution < -0.4 is 15.4 Å². The van der Waals surface area contributed by atoms with Gasteiger partial charge >= 0.3 is 0 Å². The summed E-state index contributed by atoms with van der Waals surface area (Å²) in [6.45, 7) is 8.29. The first-order valence-corrected chi connectivity index (χ1v) is 11.0. The second-order valence-corrected chi connectivity index (χ2v) is 8.13. The lowest BCUT2D eigenvalue weighted by atomic mass is 9.95. The predicted octanol–water partition coefficient (Wildman–Crippen LogP) is 2.58. The maximum atomic E-state index is 5.56. The summed E-state index contributed by atoms with van der Waals surface area (Å²) < 4.78 is 10.8. The Morgan fingerprint density at radius 3 is 2.61 bits per heavy atom. The van der Waals surface area contributed by atoms with Gasteiger partial charge in [0.1, 0.15) is 5.75 Å². The Hall–Kier alpha value is -0.710. The molecule has 2 aliphatic rings. The molecule has 0 saturated carbocycles. The van der Waals surface area contributed by atoms with Crippen molar-refractivity contribution in [3.63, 3.8) is 0 Å². The third kappa shape index (κ3) is 6.40. The Morgan fingerprint density at radius 1 is 1.25 bits per heavy atom. The van der Waals surface area contributed by atoms with Crippen LogP contribution in [0.1, 0.15) is 18.9 Å². The number of ether oxygens (including phenoxy) is 2. The Morgan fingerprint density at radius 2 is 2.00 bits per heavy atom. The highest BCUT2D eigenvalue weighted by atomic mass is 127. The van der Waals surface area contributed by atoms with Crippen LogP contribution in [0.3, 0.4) is 0 Å². The number of morpholine rings is 1. The zero-order valence-electron chi connectivity index (χ0n) is 16.9. The van der Waals surface area contributed by atoms with E-state index in [-0.39, 0.29) is 29.5 Å². The van der Waals surface area contributed by atoms with Crippen LogP contribution in [0.5, 0.6) is 5.75 Å². The highest BCUT2D eigenvalue weighted by Gasteiger charge is 2.40. The van der Waals surface area contributed by atoms with Gasteiger partial charge in [-0.2, -0.15) is 11.8 Å². The van der Waals surface area contributed by atoms with E-state index >= 15 is 0 Å². The molecule has 6 nitrogen and oxygen atoms in total. The molecule has 8 heteroatoms. The SMILES string of the molecule is CCNC(=NCc1ccc(OC)cc1)NCC1(N2CCOCC2)CCSC1.I. The normalized spacial score (nSPS) is 23.1. The van der Waals surface area contributed by atoms with Crippen molar-refractivity contribution in [1.29, 1.82) is 0 Å². The molecule has 0 radical (unpaired) electrons. The average Bonchev–Trinajstić information content (AvgIpc) is 3.21. The van der Waals surface area contributed by atoms with Crippen LogP contribution in [0.4, 0.5) is 0 Å². The molecule has 2 fully saturated rings. The number of nitrogens with one attached hydrogen (secondary N) is 2. The summed E-state index contributed by atoms with van der Waals surface area (Å²) in [4.78, 5) is 7.40. The summed E-state index contributed by atoms with van der Waals surface area (Å²) in [5.74, 6) is 4.17. The van der Waals surface area contributed by atoms with Gasteiger partial charge in [0.2, 0.25) is 0 Å². The molecule has 1 aromatic rings. The molecule has 0 aliphatic carbocycles. The Balaban J connectivity index is 0.00000280. The first-order chi connectivity index (χ1) is 13.3. The monoisotopic (exact) mass is 520 g/mol. The number of benzene rings is 1. The summed E-state index contributed by atoms with van der Waals surface area (Å²) in [6.07, 6.45) is 1.22. The van der Waals surface area contributed by atoms with Crippen LogP contribution in [-0.4, -0.2) is 74.4 Å². The van der Waals surface area contributed by atoms with Crippen LogP contribution in [0.15, 0.2) is 29.3 Å². The molecule has 2 aliphatic heterocycles. The molecule has 0 aromatic heterocycles. The van der Waals surface area contributed by atoms with Crippen LogP contribution >= 0.6 is 35.7 Å². The topological polar surface area (TPSA) is 58.1 Å². The standard InChI is InChI=1S/C20H32N4O2S.HI/c1-3-21-19(22-14-17-4-6-18(25-2)7-5-17)23-15-20(8-13-27-16-20)24-9-11-26-12-10-24;/h4-7H,3,8-16H2,1-2H3,(H2,21,22,23);1H. The lowest BCUT2D eigenvalue weighted by Gasteiger charge is -2.43. The van der Waals surface area contributed by atoms with Gasteiger partial charge in [-0.15, -0.1) is 24.0 Å². The molecule has 1 aromatic carbocycles. The van der Waals surface area contributed by atoms with Gasteiger partial charge in [-0.05, 0) is 36.8 Å². The summed E-state index contributed by atoms with van der Waals surface area (Å²) in [5.41, 5.74) is 1.39. The Bertz CT molecular complexity index is 603. The van der Waals surface area contributed by atoms with Gasteiger partial charge in [0.15, 0.2) is 5.96 Å². The van der Waals surface area contributed by atoms with E-state index in [9.17, 15) is 0 Å². The summed E-state index contributed by atoms with van der Waals surface area (Å²) in [6, 6.07) is 8.09. The second-order valence-electron chi connectivity index (χ2n) is 7.02. The zero-order chi connectivity index (χ0) is 19.0. The molecule has 2 saturated heterocycles. The third-order valence-electron chi connectivity index (χ3n) is 5.27. The smallest absolute Gasteiger partial charge is 0.191 e. The number of nitrogens with zero attached hydrogens (tertiary/aromatic N) is 2. The number of rotatable bonds is 7. The number of guanidine groups is 1. The van der Waals surface area contributed by atoms with Gasteiger partial charge in [-0.25, -0.2) is 4.99 Å². The Kier molecular flexibility index (Phi) is 10.2. The third-order valence-corrected chi connectivity index (χ3v) is 6.51. The van der Waals surface area contributed by atoms with Crippen molar-refractivity contribution in [1.82, 2.24) is 15.5 Å². The van der Waals surface area contributed by atoms with Crippen molar-refractivity contribution in [3.05, 3.63) is 29.8 Å². The molecule has 0 spiro atoms. The van der Waals surface area contributed by atoms with E-state index in [1.54, 1.807) is 7.11 Å². The van der Waals surface area contributed by atoms with Gasteiger partial charge in [0, 0.05) is 37.5 Å². The van der Waals surface area contributed by atoms with Crippen molar-refractivity contribution in [3.8, 4) is 5.75 Å². The van der Waals surface area contributed by atoms with Crippen molar-refractivity contribution in [2.24, 2.45) is 4.99 Å². The molecule has 1 unspecified atom stereocenters. The van der Waals surface area contributed by atoms with E-state index in [2.05, 4.69) is 46.4 Å². The zero-order valence-corrected chi connectivity index (χ0v) is 20.1. The molecular weight excluding hydrogens is 487 g/mol. The lowest BCUT2D eigenvalue weighted by molar-refractivity contribution is -0.0120. The molecular formula is C20H33IN4O2S. The van der Waals surface area contributed by atoms with Crippen LogP contribution in [0.2, 0.25) is 0 Å². The number of methoxy groups -OCH3 is 1. The number of thioether (sulfide) groups is 1. The first-order valence-electron chi connectivity index (χ1n) is 9.81. The number of hydrogen-bond acceptors (Lipinski definition) is 5. The predicted molar refractivity (Wildman–Crippen MR) is 128 cm³/mol. The number of hydrogen-bond donors (Lipinski definition) is 2. The summed E-state index contributed by atoms with van der Waals surface area (Å²) in [5, 5.41) is 7.00. The maximum absolute atomic E-state index is 5.56. The van der Waals surface area contributed by atoms with Crippen molar-refractivity contribution in [2.45, 2.75) is 25.4 Å². The number of aliphatic imine (C=N–C) groups is 1. The molecule has 28 heavy (non-hydrogen) atoms. The first kappa shape index (κ1) is 23.6. The van der Waals surface area contributed by atoms with E-state index in [1.165, 1.54) is 23.5 Å². The van der Waals surface area contributed by atoms with Crippen molar-refractivity contribution in [2.75, 3.05) is 58.0 Å². The molecule has 0 bridgehead atoms. The minimum atomic E-state index is 0. The van der Waals surface area contributed by atoms with Gasteiger partial charge in [-0.3, -0.25) is 4.90 Å². The van der Waals surface area contributed by atoms with Crippen LogP contribution in [0.25, 0.3) is 0 Å². The van der Waals surface area contributed by atoms with Gasteiger partial charge in [0.25, 0.3) is 0 Å². The highest BCUT2D eigenvalue weighted by Crippen LogP contribution is 2.33. The van der Waals surface area contributed by atoms with Crippen LogP contribution in [-0.2, 0) is 11.3 Å². The highest BCUT2D eigenvalue weighted by molar-refractivity contribution is 14.0. The Labute approximate surface area is 190 Å². The minimum Gasteiger partial charge on any atom is -0.497 e. The fraction of sp³-hybridized carbons (Fsp3) is 0.650. The second kappa shape index (κ2) is 12.1. The van der Waals surface area contributed by atoms with Crippen LogP contribution in [0, 0.1) is 0 Å². The largest absolute Gasteiger partial charge is 0.497 e. The molecule has 3 rings (SSSR count). The van der Waals surface area contributed by atoms with Crippen molar-refractivity contribution >= 4 is 41.7 Å². The van der Waals surface area contributed by atoms with Gasteiger partial charge in [-0.1, -0.05) is 12.1 Å². The number of halogens is 1. The fourth-order valence-electron chi connectivity index (χ4n) is 3.63. The minimum absolute atomic E-state index is 0. The van der Waals surface area contributed by atoms with Gasteiger partial charge < -0.3 is 20.1 Å². The van der Waals surface area contributed by atoms with E-state index in [1.807, 2.05) is 12.1 Å². The fourth-order valence-corrected chi connectivity index (χ4v) is 5.10. The van der Waals surface area contributed by atoms with E-state index in [0.717, 1.165) is 51.1 Å². The molecule has 2 heterocycles. The quantitative estimate of drug-likeness (QED) is 0.328. The van der Waals surface area contributed by atoms with E-state index in [0.29, 0.717) is 6.54 Å².